The van der Waals surface area contributed by atoms with Crippen LogP contribution in [0.15, 0.2) is 24.3 Å². The summed E-state index contributed by atoms with van der Waals surface area (Å²) in [5.74, 6) is -0.142. The number of hydrogen-bond acceptors (Lipinski definition) is 2. The lowest BCUT2D eigenvalue weighted by Crippen LogP contribution is -2.42. The van der Waals surface area contributed by atoms with Crippen molar-refractivity contribution >= 4 is 5.91 Å². The predicted molar refractivity (Wildman–Crippen MR) is 68.8 cm³/mol. The van der Waals surface area contributed by atoms with E-state index in [9.17, 15) is 9.18 Å². The number of nitrogens with one attached hydrogen (secondary N) is 1. The fraction of sp³-hybridized carbons (Fsp3) is 0.500. The van der Waals surface area contributed by atoms with Crippen molar-refractivity contribution in [3.8, 4) is 0 Å². The van der Waals surface area contributed by atoms with Crippen LogP contribution in [0.5, 0.6) is 0 Å². The van der Waals surface area contributed by atoms with Gasteiger partial charge in [0.2, 0.25) is 5.91 Å². The SMILES string of the molecule is CC1CNCCCN1C(=O)Cc1ccc(F)cc1. The molecule has 1 aliphatic rings. The molecule has 98 valence electrons. The maximum atomic E-state index is 12.8. The first kappa shape index (κ1) is 13.0. The normalized spacial score (nSPS) is 20.6. The molecular weight excluding hydrogens is 231 g/mol. The van der Waals surface area contributed by atoms with Crippen LogP contribution in [0.4, 0.5) is 4.39 Å². The van der Waals surface area contributed by atoms with E-state index < -0.39 is 0 Å². The highest BCUT2D eigenvalue weighted by Crippen LogP contribution is 2.09. The van der Waals surface area contributed by atoms with Gasteiger partial charge in [-0.2, -0.15) is 0 Å². The molecule has 1 fully saturated rings. The molecule has 2 rings (SSSR count). The van der Waals surface area contributed by atoms with Gasteiger partial charge in [0.25, 0.3) is 0 Å². The molecule has 1 saturated heterocycles. The van der Waals surface area contributed by atoms with Crippen molar-refractivity contribution in [1.29, 1.82) is 0 Å². The maximum absolute atomic E-state index is 12.8. The first-order chi connectivity index (χ1) is 8.66. The molecule has 1 heterocycles. The van der Waals surface area contributed by atoms with E-state index in [4.69, 9.17) is 0 Å². The minimum atomic E-state index is -0.265. The van der Waals surface area contributed by atoms with Crippen LogP contribution in [-0.4, -0.2) is 36.5 Å². The smallest absolute Gasteiger partial charge is 0.227 e. The molecule has 1 unspecified atom stereocenters. The molecule has 0 aliphatic carbocycles. The second-order valence-electron chi connectivity index (χ2n) is 4.80. The van der Waals surface area contributed by atoms with Gasteiger partial charge in [-0.25, -0.2) is 4.39 Å². The molecular formula is C14H19FN2O. The average molecular weight is 250 g/mol. The molecule has 1 aromatic rings. The predicted octanol–water partition coefficient (Wildman–Crippen LogP) is 1.58. The second-order valence-corrected chi connectivity index (χ2v) is 4.80. The summed E-state index contributed by atoms with van der Waals surface area (Å²) in [5.41, 5.74) is 0.866. The van der Waals surface area contributed by atoms with Gasteiger partial charge in [0, 0.05) is 19.1 Å². The molecule has 18 heavy (non-hydrogen) atoms. The standard InChI is InChI=1S/C14H19FN2O/c1-11-10-16-7-2-8-17(11)14(18)9-12-3-5-13(15)6-4-12/h3-6,11,16H,2,7-10H2,1H3. The molecule has 0 saturated carbocycles. The maximum Gasteiger partial charge on any atom is 0.227 e. The minimum absolute atomic E-state index is 0.123. The van der Waals surface area contributed by atoms with Crippen molar-refractivity contribution in [2.75, 3.05) is 19.6 Å². The van der Waals surface area contributed by atoms with Crippen molar-refractivity contribution in [3.05, 3.63) is 35.6 Å². The van der Waals surface area contributed by atoms with Crippen LogP contribution in [0.25, 0.3) is 0 Å². The lowest BCUT2D eigenvalue weighted by atomic mass is 10.1. The molecule has 0 spiro atoms. The number of nitrogens with zero attached hydrogens (tertiary/aromatic N) is 1. The Kier molecular flexibility index (Phi) is 4.31. The number of rotatable bonds is 2. The van der Waals surface area contributed by atoms with Gasteiger partial charge in [0.05, 0.1) is 6.42 Å². The van der Waals surface area contributed by atoms with Crippen LogP contribution in [0.1, 0.15) is 18.9 Å². The van der Waals surface area contributed by atoms with E-state index in [1.54, 1.807) is 12.1 Å². The Labute approximate surface area is 107 Å². The third-order valence-corrected chi connectivity index (χ3v) is 3.31. The number of carbonyl (C=O) groups is 1. The van der Waals surface area contributed by atoms with Gasteiger partial charge in [0.15, 0.2) is 0 Å². The number of benzene rings is 1. The highest BCUT2D eigenvalue weighted by molar-refractivity contribution is 5.79. The quantitative estimate of drug-likeness (QED) is 0.864. The van der Waals surface area contributed by atoms with Crippen molar-refractivity contribution < 1.29 is 9.18 Å². The average Bonchev–Trinajstić information content (AvgIpc) is 2.57. The summed E-state index contributed by atoms with van der Waals surface area (Å²) >= 11 is 0. The summed E-state index contributed by atoms with van der Waals surface area (Å²) < 4.78 is 12.8. The van der Waals surface area contributed by atoms with E-state index in [-0.39, 0.29) is 17.8 Å². The highest BCUT2D eigenvalue weighted by atomic mass is 19.1. The molecule has 1 aliphatic heterocycles. The summed E-state index contributed by atoms with van der Waals surface area (Å²) in [6, 6.07) is 6.37. The third kappa shape index (κ3) is 3.29. The van der Waals surface area contributed by atoms with Gasteiger partial charge in [-0.3, -0.25) is 4.79 Å². The molecule has 1 N–H and O–H groups in total. The minimum Gasteiger partial charge on any atom is -0.338 e. The van der Waals surface area contributed by atoms with E-state index in [2.05, 4.69) is 12.2 Å². The van der Waals surface area contributed by atoms with Gasteiger partial charge in [-0.15, -0.1) is 0 Å². The van der Waals surface area contributed by atoms with Crippen molar-refractivity contribution in [2.24, 2.45) is 0 Å². The fourth-order valence-electron chi connectivity index (χ4n) is 2.26. The zero-order valence-electron chi connectivity index (χ0n) is 10.7. The fourth-order valence-corrected chi connectivity index (χ4v) is 2.26. The Balaban J connectivity index is 1.99. The molecule has 0 radical (unpaired) electrons. The largest absolute Gasteiger partial charge is 0.338 e. The molecule has 1 atom stereocenters. The van der Waals surface area contributed by atoms with E-state index >= 15 is 0 Å². The highest BCUT2D eigenvalue weighted by Gasteiger charge is 2.21. The number of amides is 1. The number of carbonyl (C=O) groups excluding carboxylic acids is 1. The van der Waals surface area contributed by atoms with Gasteiger partial charge >= 0.3 is 0 Å². The van der Waals surface area contributed by atoms with Crippen molar-refractivity contribution in [3.63, 3.8) is 0 Å². The van der Waals surface area contributed by atoms with Crippen LogP contribution >= 0.6 is 0 Å². The Morgan fingerprint density at radius 3 is 2.89 bits per heavy atom. The van der Waals surface area contributed by atoms with Crippen LogP contribution in [0.2, 0.25) is 0 Å². The van der Waals surface area contributed by atoms with Crippen molar-refractivity contribution in [1.82, 2.24) is 10.2 Å². The summed E-state index contributed by atoms with van der Waals surface area (Å²) in [4.78, 5) is 14.1. The third-order valence-electron chi connectivity index (χ3n) is 3.31. The van der Waals surface area contributed by atoms with Crippen molar-refractivity contribution in [2.45, 2.75) is 25.8 Å². The Morgan fingerprint density at radius 2 is 2.17 bits per heavy atom. The Bertz CT molecular complexity index is 405. The van der Waals surface area contributed by atoms with Gasteiger partial charge in [-0.05, 0) is 37.6 Å². The van der Waals surface area contributed by atoms with Gasteiger partial charge < -0.3 is 10.2 Å². The topological polar surface area (TPSA) is 32.3 Å². The van der Waals surface area contributed by atoms with Crippen LogP contribution < -0.4 is 5.32 Å². The van der Waals surface area contributed by atoms with Gasteiger partial charge in [-0.1, -0.05) is 12.1 Å². The zero-order valence-corrected chi connectivity index (χ0v) is 10.7. The summed E-state index contributed by atoms with van der Waals surface area (Å²) in [6.45, 7) is 4.66. The van der Waals surface area contributed by atoms with E-state index in [0.29, 0.717) is 6.42 Å². The molecule has 3 nitrogen and oxygen atoms in total. The lowest BCUT2D eigenvalue weighted by molar-refractivity contribution is -0.132. The Hall–Kier alpha value is -1.42. The summed E-state index contributed by atoms with van der Waals surface area (Å²) in [6.07, 6.45) is 1.34. The number of halogens is 1. The first-order valence-corrected chi connectivity index (χ1v) is 6.41. The van der Waals surface area contributed by atoms with Crippen LogP contribution in [0.3, 0.4) is 0 Å². The molecule has 1 aromatic carbocycles. The molecule has 1 amide bonds. The van der Waals surface area contributed by atoms with Crippen LogP contribution in [-0.2, 0) is 11.2 Å². The van der Waals surface area contributed by atoms with E-state index in [1.165, 1.54) is 12.1 Å². The Morgan fingerprint density at radius 1 is 1.44 bits per heavy atom. The second kappa shape index (κ2) is 5.96. The van der Waals surface area contributed by atoms with Crippen LogP contribution in [0, 0.1) is 5.82 Å². The zero-order chi connectivity index (χ0) is 13.0. The summed E-state index contributed by atoms with van der Waals surface area (Å²) in [7, 11) is 0. The lowest BCUT2D eigenvalue weighted by Gasteiger charge is -2.27. The molecule has 0 bridgehead atoms. The first-order valence-electron chi connectivity index (χ1n) is 6.41. The molecule has 0 aromatic heterocycles. The van der Waals surface area contributed by atoms with E-state index in [0.717, 1.165) is 31.6 Å². The van der Waals surface area contributed by atoms with Gasteiger partial charge in [0.1, 0.15) is 5.82 Å². The summed E-state index contributed by atoms with van der Waals surface area (Å²) in [5, 5.41) is 3.31. The number of hydrogen-bond donors (Lipinski definition) is 1. The molecule has 4 heteroatoms. The van der Waals surface area contributed by atoms with E-state index in [1.807, 2.05) is 4.90 Å². The monoisotopic (exact) mass is 250 g/mol.